The van der Waals surface area contributed by atoms with Crippen molar-refractivity contribution in [1.82, 2.24) is 4.98 Å². The molecule has 6 nitrogen and oxygen atoms in total. The molecule has 15 heavy (non-hydrogen) atoms. The van der Waals surface area contributed by atoms with E-state index in [1.165, 1.54) is 12.1 Å². The third-order valence-electron chi connectivity index (χ3n) is 1.74. The summed E-state index contributed by atoms with van der Waals surface area (Å²) in [6.07, 6.45) is 0. The molecule has 1 aromatic heterocycles. The van der Waals surface area contributed by atoms with Crippen LogP contribution in [0.3, 0.4) is 0 Å². The quantitative estimate of drug-likeness (QED) is 0.557. The highest BCUT2D eigenvalue weighted by Gasteiger charge is 2.17. The van der Waals surface area contributed by atoms with Crippen LogP contribution in [0, 0.1) is 10.1 Å². The molecule has 0 saturated heterocycles. The Labute approximate surface area is 87.6 Å². The summed E-state index contributed by atoms with van der Waals surface area (Å²) >= 11 is 0. The van der Waals surface area contributed by atoms with E-state index in [0.717, 1.165) is 0 Å². The minimum atomic E-state index is -0.460. The van der Waals surface area contributed by atoms with Gasteiger partial charge in [-0.15, -0.1) is 0 Å². The summed E-state index contributed by atoms with van der Waals surface area (Å²) in [4.78, 5) is 15.9. The summed E-state index contributed by atoms with van der Waals surface area (Å²) in [5, 5.41) is 10.7. The third-order valence-corrected chi connectivity index (χ3v) is 1.74. The fourth-order valence-corrected chi connectivity index (χ4v) is 1.12. The smallest absolute Gasteiger partial charge is 0.311 e. The van der Waals surface area contributed by atoms with Gasteiger partial charge >= 0.3 is 5.69 Å². The average molecular weight is 211 g/mol. The first-order valence-electron chi connectivity index (χ1n) is 4.51. The van der Waals surface area contributed by atoms with Gasteiger partial charge in [-0.25, -0.2) is 0 Å². The van der Waals surface area contributed by atoms with Crippen LogP contribution in [0.1, 0.15) is 6.92 Å². The number of pyridine rings is 1. The van der Waals surface area contributed by atoms with E-state index in [-0.39, 0.29) is 5.69 Å². The highest BCUT2D eigenvalue weighted by atomic mass is 16.6. The van der Waals surface area contributed by atoms with Crippen LogP contribution in [-0.2, 0) is 0 Å². The first-order chi connectivity index (χ1) is 7.06. The van der Waals surface area contributed by atoms with Crippen LogP contribution in [0.4, 0.5) is 11.5 Å². The number of hydrogen-bond acceptors (Lipinski definition) is 5. The Bertz CT molecular complexity index is 366. The van der Waals surface area contributed by atoms with Crippen LogP contribution in [0.2, 0.25) is 0 Å². The van der Waals surface area contributed by atoms with Crippen molar-refractivity contribution in [1.29, 1.82) is 0 Å². The summed E-state index contributed by atoms with van der Waals surface area (Å²) < 4.78 is 5.17. The molecule has 0 atom stereocenters. The Morgan fingerprint density at radius 3 is 2.67 bits per heavy atom. The molecule has 0 radical (unpaired) electrons. The van der Waals surface area contributed by atoms with Crippen LogP contribution in [0.5, 0.6) is 5.88 Å². The summed E-state index contributed by atoms with van der Waals surface area (Å²) in [5.41, 5.74) is -0.0246. The average Bonchev–Trinajstić information content (AvgIpc) is 2.17. The molecule has 1 rings (SSSR count). The molecule has 0 bridgehead atoms. The molecule has 0 unspecified atom stereocenters. The van der Waals surface area contributed by atoms with E-state index in [9.17, 15) is 10.1 Å². The number of ether oxygens (including phenoxy) is 1. The van der Waals surface area contributed by atoms with Crippen LogP contribution in [0.15, 0.2) is 12.1 Å². The van der Waals surface area contributed by atoms with Crippen LogP contribution >= 0.6 is 0 Å². The van der Waals surface area contributed by atoms with E-state index in [2.05, 4.69) is 4.98 Å². The zero-order chi connectivity index (χ0) is 11.4. The molecule has 6 heteroatoms. The predicted octanol–water partition coefficient (Wildman–Crippen LogP) is 1.45. The van der Waals surface area contributed by atoms with Crippen LogP contribution in [0.25, 0.3) is 0 Å². The van der Waals surface area contributed by atoms with Crippen molar-refractivity contribution in [3.05, 3.63) is 22.2 Å². The van der Waals surface area contributed by atoms with Crippen molar-refractivity contribution in [2.24, 2.45) is 0 Å². The molecule has 0 amide bonds. The van der Waals surface area contributed by atoms with Gasteiger partial charge in [0.2, 0.25) is 11.7 Å². The fourth-order valence-electron chi connectivity index (χ4n) is 1.12. The first kappa shape index (κ1) is 11.2. The Hall–Kier alpha value is -1.85. The standard InChI is InChI=1S/C9H13N3O3/c1-4-15-8-6-5-7(12(13)14)9(10-8)11(2)3/h5-6H,4H2,1-3H3. The third kappa shape index (κ3) is 2.55. The van der Waals surface area contributed by atoms with Crippen molar-refractivity contribution in [2.45, 2.75) is 6.92 Å². The molecule has 0 aromatic carbocycles. The molecule has 82 valence electrons. The zero-order valence-electron chi connectivity index (χ0n) is 8.93. The Kier molecular flexibility index (Phi) is 3.43. The molecular weight excluding hydrogens is 198 g/mol. The predicted molar refractivity (Wildman–Crippen MR) is 56.4 cm³/mol. The molecule has 0 spiro atoms. The summed E-state index contributed by atoms with van der Waals surface area (Å²) in [5.74, 6) is 0.692. The lowest BCUT2D eigenvalue weighted by atomic mass is 10.3. The number of nitro groups is 1. The molecule has 0 N–H and O–H groups in total. The van der Waals surface area contributed by atoms with Gasteiger partial charge in [0.25, 0.3) is 0 Å². The maximum atomic E-state index is 10.7. The van der Waals surface area contributed by atoms with Crippen molar-refractivity contribution in [3.8, 4) is 5.88 Å². The Morgan fingerprint density at radius 2 is 2.20 bits per heavy atom. The number of anilines is 1. The van der Waals surface area contributed by atoms with E-state index in [1.807, 2.05) is 6.92 Å². The number of rotatable bonds is 4. The van der Waals surface area contributed by atoms with Gasteiger partial charge in [0, 0.05) is 26.2 Å². The van der Waals surface area contributed by atoms with Crippen molar-refractivity contribution >= 4 is 11.5 Å². The van der Waals surface area contributed by atoms with E-state index in [4.69, 9.17) is 4.74 Å². The highest BCUT2D eigenvalue weighted by Crippen LogP contribution is 2.26. The minimum absolute atomic E-state index is 0.0246. The van der Waals surface area contributed by atoms with E-state index < -0.39 is 4.92 Å². The SMILES string of the molecule is CCOc1ccc([N+](=O)[O-])c(N(C)C)n1. The lowest BCUT2D eigenvalue weighted by Crippen LogP contribution is -2.13. The second-order valence-corrected chi connectivity index (χ2v) is 3.08. The van der Waals surface area contributed by atoms with E-state index in [1.54, 1.807) is 19.0 Å². The molecule has 0 aliphatic heterocycles. The highest BCUT2D eigenvalue weighted by molar-refractivity contribution is 5.57. The van der Waals surface area contributed by atoms with Gasteiger partial charge in [-0.1, -0.05) is 0 Å². The fraction of sp³-hybridized carbons (Fsp3) is 0.444. The lowest BCUT2D eigenvalue weighted by Gasteiger charge is -2.12. The molecular formula is C9H13N3O3. The number of hydrogen-bond donors (Lipinski definition) is 0. The monoisotopic (exact) mass is 211 g/mol. The number of nitrogens with zero attached hydrogens (tertiary/aromatic N) is 3. The summed E-state index contributed by atoms with van der Waals surface area (Å²) in [6, 6.07) is 2.89. The Morgan fingerprint density at radius 1 is 1.53 bits per heavy atom. The van der Waals surface area contributed by atoms with Gasteiger partial charge < -0.3 is 9.64 Å². The Balaban J connectivity index is 3.15. The van der Waals surface area contributed by atoms with E-state index in [0.29, 0.717) is 18.3 Å². The van der Waals surface area contributed by atoms with Gasteiger partial charge in [-0.2, -0.15) is 4.98 Å². The van der Waals surface area contributed by atoms with Gasteiger partial charge in [0.1, 0.15) is 0 Å². The zero-order valence-corrected chi connectivity index (χ0v) is 8.93. The number of aromatic nitrogens is 1. The van der Waals surface area contributed by atoms with Crippen molar-refractivity contribution in [2.75, 3.05) is 25.6 Å². The molecule has 0 saturated carbocycles. The van der Waals surface area contributed by atoms with Gasteiger partial charge in [-0.3, -0.25) is 10.1 Å². The normalized spacial score (nSPS) is 9.80. The second kappa shape index (κ2) is 4.59. The molecule has 1 heterocycles. The lowest BCUT2D eigenvalue weighted by molar-refractivity contribution is -0.384. The molecule has 0 aliphatic carbocycles. The molecule has 1 aromatic rings. The van der Waals surface area contributed by atoms with Crippen LogP contribution < -0.4 is 9.64 Å². The maximum absolute atomic E-state index is 10.7. The van der Waals surface area contributed by atoms with E-state index >= 15 is 0 Å². The first-order valence-corrected chi connectivity index (χ1v) is 4.51. The van der Waals surface area contributed by atoms with Crippen molar-refractivity contribution in [3.63, 3.8) is 0 Å². The summed E-state index contributed by atoms with van der Waals surface area (Å²) in [7, 11) is 3.40. The van der Waals surface area contributed by atoms with Gasteiger partial charge in [0.15, 0.2) is 0 Å². The maximum Gasteiger partial charge on any atom is 0.311 e. The van der Waals surface area contributed by atoms with Crippen LogP contribution in [-0.4, -0.2) is 30.6 Å². The van der Waals surface area contributed by atoms with Crippen molar-refractivity contribution < 1.29 is 9.66 Å². The van der Waals surface area contributed by atoms with Gasteiger partial charge in [-0.05, 0) is 6.92 Å². The largest absolute Gasteiger partial charge is 0.478 e. The van der Waals surface area contributed by atoms with Gasteiger partial charge in [0.05, 0.1) is 11.5 Å². The summed E-state index contributed by atoms with van der Waals surface area (Å²) in [6.45, 7) is 2.32. The second-order valence-electron chi connectivity index (χ2n) is 3.08. The minimum Gasteiger partial charge on any atom is -0.478 e. The topological polar surface area (TPSA) is 68.5 Å². The molecule has 0 fully saturated rings. The molecule has 0 aliphatic rings.